The topological polar surface area (TPSA) is 111 Å². The number of amides is 3. The summed E-state index contributed by atoms with van der Waals surface area (Å²) in [6.45, 7) is 1.18. The van der Waals surface area contributed by atoms with Crippen molar-refractivity contribution in [3.63, 3.8) is 0 Å². The van der Waals surface area contributed by atoms with Crippen LogP contribution in [0.4, 0.5) is 17.1 Å². The van der Waals surface area contributed by atoms with Gasteiger partial charge in [-0.1, -0.05) is 6.07 Å². The zero-order chi connectivity index (χ0) is 19.3. The van der Waals surface area contributed by atoms with Gasteiger partial charge in [0, 0.05) is 18.7 Å². The van der Waals surface area contributed by atoms with E-state index in [1.54, 1.807) is 24.3 Å². The third-order valence-electron chi connectivity index (χ3n) is 3.50. The first kappa shape index (κ1) is 18.8. The quantitative estimate of drug-likeness (QED) is 0.638. The molecule has 0 saturated carbocycles. The van der Waals surface area contributed by atoms with Crippen LogP contribution in [-0.4, -0.2) is 31.9 Å². The molecule has 2 rings (SSSR count). The van der Waals surface area contributed by atoms with Gasteiger partial charge >= 0.3 is 11.8 Å². The van der Waals surface area contributed by atoms with Gasteiger partial charge < -0.3 is 20.5 Å². The molecule has 0 spiro atoms. The molecule has 2 aromatic carbocycles. The first-order valence-corrected chi connectivity index (χ1v) is 7.61. The monoisotopic (exact) mass is 357 g/mol. The number of rotatable bonds is 4. The van der Waals surface area contributed by atoms with Crippen LogP contribution in [0.5, 0.6) is 11.5 Å². The number of anilines is 3. The van der Waals surface area contributed by atoms with Crippen molar-refractivity contribution in [2.75, 3.05) is 30.2 Å². The largest absolute Gasteiger partial charge is 0.497 e. The average Bonchev–Trinajstić information content (AvgIpc) is 2.61. The number of nitrogens with zero attached hydrogens (tertiary/aromatic N) is 1. The fraction of sp³-hybridized carbons (Fsp3) is 0.167. The second-order valence-corrected chi connectivity index (χ2v) is 5.27. The van der Waals surface area contributed by atoms with E-state index < -0.39 is 17.7 Å². The first-order chi connectivity index (χ1) is 12.4. The van der Waals surface area contributed by atoms with Gasteiger partial charge in [-0.15, -0.1) is 0 Å². The van der Waals surface area contributed by atoms with Gasteiger partial charge in [0.05, 0.1) is 25.6 Å². The van der Waals surface area contributed by atoms with E-state index in [4.69, 9.17) is 15.2 Å². The summed E-state index contributed by atoms with van der Waals surface area (Å²) in [4.78, 5) is 37.5. The Morgan fingerprint density at radius 2 is 1.77 bits per heavy atom. The fourth-order valence-electron chi connectivity index (χ4n) is 2.29. The van der Waals surface area contributed by atoms with Crippen molar-refractivity contribution in [1.29, 1.82) is 0 Å². The van der Waals surface area contributed by atoms with Crippen LogP contribution >= 0.6 is 0 Å². The van der Waals surface area contributed by atoms with Crippen LogP contribution in [0.2, 0.25) is 0 Å². The van der Waals surface area contributed by atoms with E-state index in [1.165, 1.54) is 39.3 Å². The Morgan fingerprint density at radius 3 is 2.35 bits per heavy atom. The summed E-state index contributed by atoms with van der Waals surface area (Å²) in [7, 11) is 2.91. The molecule has 0 saturated heterocycles. The Labute approximate surface area is 150 Å². The third kappa shape index (κ3) is 4.10. The summed E-state index contributed by atoms with van der Waals surface area (Å²) in [5.41, 5.74) is 6.52. The lowest BCUT2D eigenvalue weighted by atomic mass is 10.2. The summed E-state index contributed by atoms with van der Waals surface area (Å²) in [5.74, 6) is -1.82. The van der Waals surface area contributed by atoms with Crippen LogP contribution in [-0.2, 0) is 14.4 Å². The van der Waals surface area contributed by atoms with Gasteiger partial charge in [0.1, 0.15) is 11.5 Å². The molecule has 0 heterocycles. The predicted molar refractivity (Wildman–Crippen MR) is 97.2 cm³/mol. The zero-order valence-corrected chi connectivity index (χ0v) is 14.6. The molecule has 2 aromatic rings. The van der Waals surface area contributed by atoms with Gasteiger partial charge in [-0.3, -0.25) is 14.4 Å². The summed E-state index contributed by atoms with van der Waals surface area (Å²) < 4.78 is 10.3. The van der Waals surface area contributed by atoms with Crippen molar-refractivity contribution in [2.24, 2.45) is 0 Å². The number of imide groups is 1. The van der Waals surface area contributed by atoms with Crippen molar-refractivity contribution in [3.8, 4) is 11.5 Å². The van der Waals surface area contributed by atoms with Crippen molar-refractivity contribution >= 4 is 34.8 Å². The van der Waals surface area contributed by atoms with E-state index in [9.17, 15) is 14.4 Å². The average molecular weight is 357 g/mol. The minimum absolute atomic E-state index is 0.208. The third-order valence-corrected chi connectivity index (χ3v) is 3.50. The summed E-state index contributed by atoms with van der Waals surface area (Å²) in [5, 5.41) is 2.44. The predicted octanol–water partition coefficient (Wildman–Crippen LogP) is 1.80. The molecule has 0 radical (unpaired) electrons. The molecule has 3 N–H and O–H groups in total. The molecule has 0 bridgehead atoms. The van der Waals surface area contributed by atoms with Crippen molar-refractivity contribution in [3.05, 3.63) is 42.5 Å². The van der Waals surface area contributed by atoms with Crippen LogP contribution in [0.25, 0.3) is 0 Å². The smallest absolute Gasteiger partial charge is 0.323 e. The molecule has 0 aromatic heterocycles. The minimum atomic E-state index is -1.04. The maximum atomic E-state index is 12.5. The number of hydrogen-bond acceptors (Lipinski definition) is 6. The number of ether oxygens (including phenoxy) is 2. The van der Waals surface area contributed by atoms with Crippen molar-refractivity contribution < 1.29 is 23.9 Å². The highest BCUT2D eigenvalue weighted by Gasteiger charge is 2.27. The highest BCUT2D eigenvalue weighted by atomic mass is 16.5. The van der Waals surface area contributed by atoms with E-state index in [1.807, 2.05) is 0 Å². The number of hydrogen-bond donors (Lipinski definition) is 2. The highest BCUT2D eigenvalue weighted by Crippen LogP contribution is 2.29. The molecule has 8 nitrogen and oxygen atoms in total. The lowest BCUT2D eigenvalue weighted by Gasteiger charge is -2.19. The van der Waals surface area contributed by atoms with Crippen LogP contribution < -0.4 is 25.4 Å². The van der Waals surface area contributed by atoms with E-state index in [-0.39, 0.29) is 11.4 Å². The van der Waals surface area contributed by atoms with Crippen molar-refractivity contribution in [1.82, 2.24) is 0 Å². The summed E-state index contributed by atoms with van der Waals surface area (Å²) in [6, 6.07) is 10.8. The number of nitrogen functional groups attached to an aromatic ring is 1. The Bertz CT molecular complexity index is 850. The molecule has 0 aliphatic heterocycles. The molecule has 136 valence electrons. The summed E-state index contributed by atoms with van der Waals surface area (Å²) >= 11 is 0. The molecule has 0 aliphatic carbocycles. The molecule has 0 aliphatic rings. The Morgan fingerprint density at radius 1 is 1.04 bits per heavy atom. The molecule has 26 heavy (non-hydrogen) atoms. The van der Waals surface area contributed by atoms with Gasteiger partial charge in [-0.25, -0.2) is 4.90 Å². The van der Waals surface area contributed by atoms with Crippen LogP contribution in [0.15, 0.2) is 42.5 Å². The molecule has 0 fully saturated rings. The van der Waals surface area contributed by atoms with E-state index in [0.29, 0.717) is 17.2 Å². The van der Waals surface area contributed by atoms with E-state index >= 15 is 0 Å². The number of methoxy groups -OCH3 is 2. The van der Waals surface area contributed by atoms with Crippen molar-refractivity contribution in [2.45, 2.75) is 6.92 Å². The minimum Gasteiger partial charge on any atom is -0.497 e. The zero-order valence-electron chi connectivity index (χ0n) is 14.6. The van der Waals surface area contributed by atoms with Crippen LogP contribution in [0.3, 0.4) is 0 Å². The van der Waals surface area contributed by atoms with Crippen LogP contribution in [0, 0.1) is 0 Å². The maximum Gasteiger partial charge on any atom is 0.323 e. The molecule has 0 atom stereocenters. The normalized spacial score (nSPS) is 9.96. The van der Waals surface area contributed by atoms with Gasteiger partial charge in [0.2, 0.25) is 5.91 Å². The van der Waals surface area contributed by atoms with Gasteiger partial charge in [0.25, 0.3) is 0 Å². The van der Waals surface area contributed by atoms with Gasteiger partial charge in [-0.05, 0) is 30.3 Å². The molecular formula is C18H19N3O5. The van der Waals surface area contributed by atoms with E-state index in [0.717, 1.165) is 4.90 Å². The first-order valence-electron chi connectivity index (χ1n) is 7.61. The lowest BCUT2D eigenvalue weighted by Crippen LogP contribution is -2.42. The number of benzene rings is 2. The number of nitrogens with two attached hydrogens (primary N) is 1. The molecule has 8 heteroatoms. The van der Waals surface area contributed by atoms with E-state index in [2.05, 4.69) is 5.32 Å². The SMILES string of the molecule is COc1ccc(NC(=O)C(=O)N(C(C)=O)c2cccc(N)c2)c(OC)c1. The van der Waals surface area contributed by atoms with Crippen LogP contribution in [0.1, 0.15) is 6.92 Å². The Kier molecular flexibility index (Phi) is 5.79. The standard InChI is InChI=1S/C18H19N3O5/c1-11(22)21(13-6-4-5-12(19)9-13)18(24)17(23)20-15-8-7-14(25-2)10-16(15)26-3/h4-10H,19H2,1-3H3,(H,20,23). The number of carbonyl (C=O) groups excluding carboxylic acids is 3. The lowest BCUT2D eigenvalue weighted by molar-refractivity contribution is -0.136. The maximum absolute atomic E-state index is 12.5. The molecule has 0 unspecified atom stereocenters. The highest BCUT2D eigenvalue weighted by molar-refractivity contribution is 6.48. The Hall–Kier alpha value is -3.55. The summed E-state index contributed by atoms with van der Waals surface area (Å²) in [6.07, 6.45) is 0. The number of nitrogens with one attached hydrogen (secondary N) is 1. The molecule has 3 amide bonds. The Balaban J connectivity index is 2.27. The van der Waals surface area contributed by atoms with Gasteiger partial charge in [0.15, 0.2) is 0 Å². The fourth-order valence-corrected chi connectivity index (χ4v) is 2.29. The number of carbonyl (C=O) groups is 3. The van der Waals surface area contributed by atoms with Gasteiger partial charge in [-0.2, -0.15) is 0 Å². The molecular weight excluding hydrogens is 338 g/mol. The second kappa shape index (κ2) is 8.02. The second-order valence-electron chi connectivity index (χ2n) is 5.27.